The van der Waals surface area contributed by atoms with E-state index in [2.05, 4.69) is 4.98 Å². The normalized spacial score (nSPS) is 18.6. The number of carbonyl (C=O) groups is 2. The summed E-state index contributed by atoms with van der Waals surface area (Å²) in [7, 11) is -4.31. The largest absolute Gasteiger partial charge is 0.480 e. The fourth-order valence-corrected chi connectivity index (χ4v) is 5.63. The van der Waals surface area contributed by atoms with Crippen LogP contribution in [0.5, 0.6) is 0 Å². The van der Waals surface area contributed by atoms with Crippen molar-refractivity contribution in [3.8, 4) is 0 Å². The molecule has 0 bridgehead atoms. The van der Waals surface area contributed by atoms with Gasteiger partial charge in [-0.05, 0) is 43.2 Å². The molecule has 2 aliphatic heterocycles. The molecule has 1 amide bonds. The fourth-order valence-electron chi connectivity index (χ4n) is 4.12. The highest BCUT2D eigenvalue weighted by molar-refractivity contribution is 7.89. The number of fused-ring (bicyclic) bond motifs is 2. The predicted octanol–water partition coefficient (Wildman–Crippen LogP) is 1.51. The van der Waals surface area contributed by atoms with E-state index in [-0.39, 0.29) is 25.9 Å². The lowest BCUT2D eigenvalue weighted by Gasteiger charge is -2.37. The number of carboxylic acids is 1. The third kappa shape index (κ3) is 3.05. The molecule has 1 N–H and O–H groups in total. The Morgan fingerprint density at radius 3 is 2.57 bits per heavy atom. The molecule has 0 aliphatic carbocycles. The standard InChI is InChI=1S/C19H17F2N3O5S/c20-12-3-4-13(21)15(10-12)30(28,29)23-8-5-19(6-9-23)17-14(2-1-7-22-17)24(18(19)27)11-16(25)26/h1-4,7,10H,5-6,8-9,11H2,(H,25,26). The highest BCUT2D eigenvalue weighted by atomic mass is 32.2. The summed E-state index contributed by atoms with van der Waals surface area (Å²) in [4.78, 5) is 29.0. The molecule has 0 saturated carbocycles. The molecule has 0 atom stereocenters. The number of benzene rings is 1. The molecule has 3 heterocycles. The number of rotatable bonds is 4. The lowest BCUT2D eigenvalue weighted by molar-refractivity contribution is -0.137. The van der Waals surface area contributed by atoms with Crippen LogP contribution in [0.15, 0.2) is 41.4 Å². The van der Waals surface area contributed by atoms with E-state index in [0.29, 0.717) is 17.4 Å². The zero-order chi connectivity index (χ0) is 21.7. The van der Waals surface area contributed by atoms with Crippen molar-refractivity contribution < 1.29 is 31.9 Å². The van der Waals surface area contributed by atoms with E-state index in [4.69, 9.17) is 5.11 Å². The van der Waals surface area contributed by atoms with Crippen LogP contribution in [0.4, 0.5) is 14.5 Å². The van der Waals surface area contributed by atoms with E-state index in [1.54, 1.807) is 12.1 Å². The number of carbonyl (C=O) groups excluding carboxylic acids is 1. The second kappa shape index (κ2) is 7.10. The van der Waals surface area contributed by atoms with Crippen LogP contribution in [-0.4, -0.2) is 54.3 Å². The molecule has 4 rings (SSSR count). The molecule has 8 nitrogen and oxygen atoms in total. The predicted molar refractivity (Wildman–Crippen MR) is 100 cm³/mol. The van der Waals surface area contributed by atoms with Crippen LogP contribution < -0.4 is 4.90 Å². The Labute approximate surface area is 170 Å². The molecule has 2 aliphatic rings. The van der Waals surface area contributed by atoms with E-state index < -0.39 is 50.4 Å². The van der Waals surface area contributed by atoms with Crippen LogP contribution >= 0.6 is 0 Å². The van der Waals surface area contributed by atoms with Gasteiger partial charge in [-0.25, -0.2) is 17.2 Å². The summed E-state index contributed by atoms with van der Waals surface area (Å²) in [6.07, 6.45) is 1.58. The van der Waals surface area contributed by atoms with Crippen LogP contribution in [0.1, 0.15) is 18.5 Å². The second-order valence-corrected chi connectivity index (χ2v) is 9.12. The summed E-state index contributed by atoms with van der Waals surface area (Å²) in [5.74, 6) is -3.57. The topological polar surface area (TPSA) is 108 Å². The van der Waals surface area contributed by atoms with Crippen LogP contribution in [0, 0.1) is 11.6 Å². The minimum atomic E-state index is -4.31. The summed E-state index contributed by atoms with van der Waals surface area (Å²) in [5, 5.41) is 9.16. The summed E-state index contributed by atoms with van der Waals surface area (Å²) >= 11 is 0. The number of halogens is 2. The average molecular weight is 437 g/mol. The van der Waals surface area contributed by atoms with Crippen molar-refractivity contribution in [3.05, 3.63) is 53.9 Å². The van der Waals surface area contributed by atoms with E-state index in [9.17, 15) is 26.8 Å². The number of piperidine rings is 1. The fraction of sp³-hybridized carbons (Fsp3) is 0.316. The van der Waals surface area contributed by atoms with Crippen molar-refractivity contribution in [3.63, 3.8) is 0 Å². The Morgan fingerprint density at radius 2 is 1.90 bits per heavy atom. The third-order valence-electron chi connectivity index (χ3n) is 5.57. The monoisotopic (exact) mass is 437 g/mol. The molecule has 1 aromatic carbocycles. The van der Waals surface area contributed by atoms with Crippen molar-refractivity contribution in [1.82, 2.24) is 9.29 Å². The van der Waals surface area contributed by atoms with Crippen LogP contribution in [0.3, 0.4) is 0 Å². The zero-order valence-corrected chi connectivity index (χ0v) is 16.4. The van der Waals surface area contributed by atoms with Crippen molar-refractivity contribution >= 4 is 27.6 Å². The molecule has 0 unspecified atom stereocenters. The summed E-state index contributed by atoms with van der Waals surface area (Å²) < 4.78 is 54.2. The lowest BCUT2D eigenvalue weighted by atomic mass is 9.76. The molecule has 1 saturated heterocycles. The van der Waals surface area contributed by atoms with Crippen molar-refractivity contribution in [2.75, 3.05) is 24.5 Å². The number of aromatic nitrogens is 1. The first-order chi connectivity index (χ1) is 14.2. The van der Waals surface area contributed by atoms with Gasteiger partial charge in [0.1, 0.15) is 23.1 Å². The number of hydrogen-bond acceptors (Lipinski definition) is 5. The van der Waals surface area contributed by atoms with Gasteiger partial charge < -0.3 is 5.11 Å². The van der Waals surface area contributed by atoms with Crippen molar-refractivity contribution in [2.45, 2.75) is 23.2 Å². The number of aliphatic carboxylic acids is 1. The van der Waals surface area contributed by atoms with Gasteiger partial charge in [-0.3, -0.25) is 19.5 Å². The Balaban J connectivity index is 1.65. The molecule has 30 heavy (non-hydrogen) atoms. The van der Waals surface area contributed by atoms with Crippen molar-refractivity contribution in [1.29, 1.82) is 0 Å². The number of hydrogen-bond donors (Lipinski definition) is 1. The van der Waals surface area contributed by atoms with Gasteiger partial charge in [0.05, 0.1) is 16.8 Å². The maximum absolute atomic E-state index is 14.0. The molecule has 11 heteroatoms. The van der Waals surface area contributed by atoms with Crippen molar-refractivity contribution in [2.24, 2.45) is 0 Å². The highest BCUT2D eigenvalue weighted by Crippen LogP contribution is 2.47. The van der Waals surface area contributed by atoms with Gasteiger partial charge in [-0.1, -0.05) is 0 Å². The number of anilines is 1. The minimum Gasteiger partial charge on any atom is -0.480 e. The van der Waals surface area contributed by atoms with Gasteiger partial charge in [-0.15, -0.1) is 0 Å². The third-order valence-corrected chi connectivity index (χ3v) is 7.48. The van der Waals surface area contributed by atoms with E-state index >= 15 is 0 Å². The van der Waals surface area contributed by atoms with E-state index in [0.717, 1.165) is 21.3 Å². The zero-order valence-electron chi connectivity index (χ0n) is 15.6. The molecule has 2 aromatic rings. The number of nitrogens with zero attached hydrogens (tertiary/aromatic N) is 3. The van der Waals surface area contributed by atoms with Crippen LogP contribution in [0.2, 0.25) is 0 Å². The summed E-state index contributed by atoms with van der Waals surface area (Å²) in [5.41, 5.74) is -0.360. The average Bonchev–Trinajstić information content (AvgIpc) is 2.93. The Bertz CT molecular complexity index is 1150. The van der Waals surface area contributed by atoms with Gasteiger partial charge in [0.15, 0.2) is 0 Å². The lowest BCUT2D eigenvalue weighted by Crippen LogP contribution is -2.51. The Kier molecular flexibility index (Phi) is 4.82. The van der Waals surface area contributed by atoms with Gasteiger partial charge >= 0.3 is 5.97 Å². The SMILES string of the molecule is O=C(O)CN1C(=O)C2(CCN(S(=O)(=O)c3cc(F)ccc3F)CC2)c2ncccc21. The molecule has 1 spiro atoms. The van der Waals surface area contributed by atoms with Gasteiger partial charge in [0.2, 0.25) is 15.9 Å². The van der Waals surface area contributed by atoms with Crippen LogP contribution in [-0.2, 0) is 25.0 Å². The molecule has 1 aromatic heterocycles. The summed E-state index contributed by atoms with van der Waals surface area (Å²) in [6.45, 7) is -0.780. The first kappa shape index (κ1) is 20.4. The summed E-state index contributed by atoms with van der Waals surface area (Å²) in [6, 6.07) is 5.39. The smallest absolute Gasteiger partial charge is 0.323 e. The van der Waals surface area contributed by atoms with E-state index in [1.165, 1.54) is 6.20 Å². The highest BCUT2D eigenvalue weighted by Gasteiger charge is 2.54. The first-order valence-corrected chi connectivity index (χ1v) is 10.6. The van der Waals surface area contributed by atoms with Gasteiger partial charge in [0, 0.05) is 19.3 Å². The number of carboxylic acid groups (broad SMARTS) is 1. The second-order valence-electron chi connectivity index (χ2n) is 7.22. The molecule has 158 valence electrons. The molecular weight excluding hydrogens is 420 g/mol. The maximum Gasteiger partial charge on any atom is 0.323 e. The Hall–Kier alpha value is -2.92. The van der Waals surface area contributed by atoms with Crippen LogP contribution in [0.25, 0.3) is 0 Å². The quantitative estimate of drug-likeness (QED) is 0.777. The number of sulfonamides is 1. The molecular formula is C19H17F2N3O5S. The molecule has 0 radical (unpaired) electrons. The first-order valence-electron chi connectivity index (χ1n) is 9.11. The number of pyridine rings is 1. The molecule has 1 fully saturated rings. The Morgan fingerprint density at radius 1 is 1.20 bits per heavy atom. The van der Waals surface area contributed by atoms with Gasteiger partial charge in [-0.2, -0.15) is 4.31 Å². The van der Waals surface area contributed by atoms with Gasteiger partial charge in [0.25, 0.3) is 0 Å². The minimum absolute atomic E-state index is 0.0438. The van der Waals surface area contributed by atoms with E-state index in [1.807, 2.05) is 0 Å². The maximum atomic E-state index is 14.0. The number of amides is 1.